The zero-order valence-corrected chi connectivity index (χ0v) is 12.0. The SMILES string of the molecule is CN(Cc1cccc(F)c1)Cc1ccnc(C(N)=S)c1. The monoisotopic (exact) mass is 289 g/mol. The third kappa shape index (κ3) is 4.08. The van der Waals surface area contributed by atoms with E-state index in [0.29, 0.717) is 23.8 Å². The summed E-state index contributed by atoms with van der Waals surface area (Å²) in [5.74, 6) is -0.212. The van der Waals surface area contributed by atoms with Crippen LogP contribution in [0.3, 0.4) is 0 Å². The summed E-state index contributed by atoms with van der Waals surface area (Å²) in [7, 11) is 1.98. The maximum atomic E-state index is 13.1. The molecular weight excluding hydrogens is 273 g/mol. The molecule has 0 aliphatic heterocycles. The van der Waals surface area contributed by atoms with Crippen LogP contribution in [0.1, 0.15) is 16.8 Å². The summed E-state index contributed by atoms with van der Waals surface area (Å²) < 4.78 is 13.1. The van der Waals surface area contributed by atoms with Crippen LogP contribution in [0.5, 0.6) is 0 Å². The van der Waals surface area contributed by atoms with E-state index in [9.17, 15) is 4.39 Å². The quantitative estimate of drug-likeness (QED) is 0.859. The highest BCUT2D eigenvalue weighted by Gasteiger charge is 2.05. The second kappa shape index (κ2) is 6.54. The first-order valence-electron chi connectivity index (χ1n) is 6.22. The molecule has 1 aromatic carbocycles. The number of nitrogens with zero attached hydrogens (tertiary/aromatic N) is 2. The van der Waals surface area contributed by atoms with Crippen molar-refractivity contribution < 1.29 is 4.39 Å². The molecule has 0 aliphatic rings. The number of nitrogens with two attached hydrogens (primary N) is 1. The summed E-state index contributed by atoms with van der Waals surface area (Å²) in [5, 5.41) is 0. The van der Waals surface area contributed by atoms with Crippen molar-refractivity contribution >= 4 is 17.2 Å². The highest BCUT2D eigenvalue weighted by Crippen LogP contribution is 2.10. The Morgan fingerprint density at radius 1 is 1.25 bits per heavy atom. The second-order valence-corrected chi connectivity index (χ2v) is 5.16. The number of rotatable bonds is 5. The molecule has 1 aromatic heterocycles. The third-order valence-corrected chi connectivity index (χ3v) is 3.08. The van der Waals surface area contributed by atoms with E-state index in [1.807, 2.05) is 25.2 Å². The molecule has 0 fully saturated rings. The van der Waals surface area contributed by atoms with Crippen LogP contribution in [0.15, 0.2) is 42.6 Å². The Morgan fingerprint density at radius 3 is 2.60 bits per heavy atom. The van der Waals surface area contributed by atoms with E-state index >= 15 is 0 Å². The van der Waals surface area contributed by atoms with Gasteiger partial charge in [0.2, 0.25) is 0 Å². The molecule has 0 atom stereocenters. The van der Waals surface area contributed by atoms with E-state index in [1.54, 1.807) is 18.3 Å². The number of aromatic nitrogens is 1. The number of hydrogen-bond acceptors (Lipinski definition) is 3. The van der Waals surface area contributed by atoms with Crippen LogP contribution < -0.4 is 5.73 Å². The van der Waals surface area contributed by atoms with Gasteiger partial charge in [0, 0.05) is 19.3 Å². The average molecular weight is 289 g/mol. The van der Waals surface area contributed by atoms with Crippen molar-refractivity contribution in [3.8, 4) is 0 Å². The first-order valence-corrected chi connectivity index (χ1v) is 6.63. The molecule has 5 heteroatoms. The topological polar surface area (TPSA) is 42.2 Å². The van der Waals surface area contributed by atoms with Crippen molar-refractivity contribution in [3.05, 3.63) is 65.2 Å². The van der Waals surface area contributed by atoms with E-state index in [2.05, 4.69) is 9.88 Å². The van der Waals surface area contributed by atoms with E-state index in [-0.39, 0.29) is 5.82 Å². The van der Waals surface area contributed by atoms with Crippen LogP contribution in [-0.2, 0) is 13.1 Å². The van der Waals surface area contributed by atoms with Gasteiger partial charge in [-0.1, -0.05) is 24.4 Å². The Balaban J connectivity index is 2.02. The minimum Gasteiger partial charge on any atom is -0.388 e. The molecule has 2 N–H and O–H groups in total. The van der Waals surface area contributed by atoms with Gasteiger partial charge in [0.05, 0.1) is 5.69 Å². The molecular formula is C15H16FN3S. The first-order chi connectivity index (χ1) is 9.54. The average Bonchev–Trinajstić information content (AvgIpc) is 2.38. The van der Waals surface area contributed by atoms with Gasteiger partial charge in [0.15, 0.2) is 0 Å². The number of halogens is 1. The van der Waals surface area contributed by atoms with E-state index < -0.39 is 0 Å². The van der Waals surface area contributed by atoms with Gasteiger partial charge in [-0.3, -0.25) is 9.88 Å². The Hall–Kier alpha value is -1.85. The van der Waals surface area contributed by atoms with Crippen LogP contribution in [0.2, 0.25) is 0 Å². The number of hydrogen-bond donors (Lipinski definition) is 1. The Kier molecular flexibility index (Phi) is 4.76. The molecule has 0 saturated carbocycles. The molecule has 1 heterocycles. The lowest BCUT2D eigenvalue weighted by atomic mass is 10.2. The molecule has 104 valence electrons. The standard InChI is InChI=1S/C15H16FN3S/c1-19(9-11-3-2-4-13(16)7-11)10-12-5-6-18-14(8-12)15(17)20/h2-8H,9-10H2,1H3,(H2,17,20). The van der Waals surface area contributed by atoms with Crippen LogP contribution in [0.4, 0.5) is 4.39 Å². The van der Waals surface area contributed by atoms with Crippen molar-refractivity contribution in [2.45, 2.75) is 13.1 Å². The third-order valence-electron chi connectivity index (χ3n) is 2.87. The maximum Gasteiger partial charge on any atom is 0.123 e. The fourth-order valence-electron chi connectivity index (χ4n) is 2.02. The smallest absolute Gasteiger partial charge is 0.123 e. The molecule has 3 nitrogen and oxygen atoms in total. The predicted octanol–water partition coefficient (Wildman–Crippen LogP) is 2.49. The van der Waals surface area contributed by atoms with Crippen LogP contribution in [0, 0.1) is 5.82 Å². The van der Waals surface area contributed by atoms with E-state index in [4.69, 9.17) is 18.0 Å². The minimum absolute atomic E-state index is 0.212. The summed E-state index contributed by atoms with van der Waals surface area (Å²) in [5.41, 5.74) is 8.20. The van der Waals surface area contributed by atoms with Crippen molar-refractivity contribution in [2.75, 3.05) is 7.05 Å². The van der Waals surface area contributed by atoms with Gasteiger partial charge in [-0.25, -0.2) is 4.39 Å². The lowest BCUT2D eigenvalue weighted by Gasteiger charge is -2.17. The lowest BCUT2D eigenvalue weighted by molar-refractivity contribution is 0.318. The Bertz CT molecular complexity index is 616. The fraction of sp³-hybridized carbons (Fsp3) is 0.200. The van der Waals surface area contributed by atoms with Crippen molar-refractivity contribution in [3.63, 3.8) is 0 Å². The van der Waals surface area contributed by atoms with Crippen LogP contribution >= 0.6 is 12.2 Å². The summed E-state index contributed by atoms with van der Waals surface area (Å²) >= 11 is 4.91. The van der Waals surface area contributed by atoms with Gasteiger partial charge in [0.1, 0.15) is 10.8 Å². The largest absolute Gasteiger partial charge is 0.388 e. The number of pyridine rings is 1. The molecule has 0 saturated heterocycles. The van der Waals surface area contributed by atoms with Crippen molar-refractivity contribution in [2.24, 2.45) is 5.73 Å². The molecule has 2 rings (SSSR count). The van der Waals surface area contributed by atoms with Crippen LogP contribution in [-0.4, -0.2) is 21.9 Å². The predicted molar refractivity (Wildman–Crippen MR) is 81.7 cm³/mol. The zero-order valence-electron chi connectivity index (χ0n) is 11.2. The summed E-state index contributed by atoms with van der Waals surface area (Å²) in [4.78, 5) is 6.49. The molecule has 0 amide bonds. The van der Waals surface area contributed by atoms with Crippen LogP contribution in [0.25, 0.3) is 0 Å². The summed E-state index contributed by atoms with van der Waals surface area (Å²) in [6.07, 6.45) is 1.69. The maximum absolute atomic E-state index is 13.1. The van der Waals surface area contributed by atoms with Gasteiger partial charge in [-0.2, -0.15) is 0 Å². The van der Waals surface area contributed by atoms with E-state index in [1.165, 1.54) is 6.07 Å². The highest BCUT2D eigenvalue weighted by molar-refractivity contribution is 7.80. The zero-order chi connectivity index (χ0) is 14.5. The van der Waals surface area contributed by atoms with Crippen molar-refractivity contribution in [1.82, 2.24) is 9.88 Å². The normalized spacial score (nSPS) is 10.8. The van der Waals surface area contributed by atoms with Gasteiger partial charge < -0.3 is 5.73 Å². The number of thiocarbonyl (C=S) groups is 1. The Morgan fingerprint density at radius 2 is 1.95 bits per heavy atom. The van der Waals surface area contributed by atoms with Gasteiger partial charge in [0.25, 0.3) is 0 Å². The molecule has 0 bridgehead atoms. The Labute approximate surface area is 123 Å². The first kappa shape index (κ1) is 14.6. The molecule has 2 aromatic rings. The second-order valence-electron chi connectivity index (χ2n) is 4.72. The highest BCUT2D eigenvalue weighted by atomic mass is 32.1. The number of benzene rings is 1. The molecule has 0 radical (unpaired) electrons. The van der Waals surface area contributed by atoms with Gasteiger partial charge in [-0.05, 0) is 42.4 Å². The molecule has 0 spiro atoms. The minimum atomic E-state index is -0.212. The van der Waals surface area contributed by atoms with Gasteiger partial charge >= 0.3 is 0 Å². The molecule has 0 aliphatic carbocycles. The molecule has 20 heavy (non-hydrogen) atoms. The van der Waals surface area contributed by atoms with Gasteiger partial charge in [-0.15, -0.1) is 0 Å². The summed E-state index contributed by atoms with van der Waals surface area (Å²) in [6.45, 7) is 1.39. The molecule has 0 unspecified atom stereocenters. The van der Waals surface area contributed by atoms with E-state index in [0.717, 1.165) is 11.1 Å². The fourth-order valence-corrected chi connectivity index (χ4v) is 2.13. The van der Waals surface area contributed by atoms with Crippen molar-refractivity contribution in [1.29, 1.82) is 0 Å². The summed E-state index contributed by atoms with van der Waals surface area (Å²) in [6, 6.07) is 10.4. The lowest BCUT2D eigenvalue weighted by Crippen LogP contribution is -2.18.